The number of hydrogen-bond acceptors (Lipinski definition) is 1. The summed E-state index contributed by atoms with van der Waals surface area (Å²) in [4.78, 5) is 4.66. The van der Waals surface area contributed by atoms with Gasteiger partial charge in [-0.1, -0.05) is 40.7 Å². The highest BCUT2D eigenvalue weighted by Gasteiger charge is 2.19. The Morgan fingerprint density at radius 2 is 1.93 bits per heavy atom. The van der Waals surface area contributed by atoms with Crippen molar-refractivity contribution in [3.05, 3.63) is 11.6 Å². The van der Waals surface area contributed by atoms with Crippen LogP contribution in [0.3, 0.4) is 0 Å². The van der Waals surface area contributed by atoms with Crippen molar-refractivity contribution in [2.75, 3.05) is 0 Å². The second-order valence-corrected chi connectivity index (χ2v) is 5.16. The van der Waals surface area contributed by atoms with E-state index in [1.54, 1.807) is 0 Å². The van der Waals surface area contributed by atoms with Gasteiger partial charge in [0, 0.05) is 6.21 Å². The summed E-state index contributed by atoms with van der Waals surface area (Å²) >= 11 is 0. The molecule has 0 fully saturated rings. The van der Waals surface area contributed by atoms with E-state index in [0.29, 0.717) is 17.9 Å². The van der Waals surface area contributed by atoms with E-state index in [2.05, 4.69) is 51.9 Å². The fourth-order valence-electron chi connectivity index (χ4n) is 1.88. The number of rotatable bonds is 3. The molecule has 0 saturated carbocycles. The standard InChI is InChI=1S/C13H23N/c1-9(2)6-13-11(5)7-12(8-14-13)10(3)4/h7-11,13H,6H2,1-5H3. The molecule has 1 heterocycles. The molecule has 0 radical (unpaired) electrons. The van der Waals surface area contributed by atoms with Gasteiger partial charge in [0.15, 0.2) is 0 Å². The van der Waals surface area contributed by atoms with Gasteiger partial charge in [0.25, 0.3) is 0 Å². The van der Waals surface area contributed by atoms with E-state index >= 15 is 0 Å². The molecule has 0 aromatic carbocycles. The molecule has 80 valence electrons. The zero-order valence-electron chi connectivity index (χ0n) is 10.1. The molecule has 14 heavy (non-hydrogen) atoms. The van der Waals surface area contributed by atoms with E-state index < -0.39 is 0 Å². The topological polar surface area (TPSA) is 12.4 Å². The smallest absolute Gasteiger partial charge is 0.0562 e. The van der Waals surface area contributed by atoms with E-state index in [0.717, 1.165) is 5.92 Å². The summed E-state index contributed by atoms with van der Waals surface area (Å²) in [6, 6.07) is 0.512. The van der Waals surface area contributed by atoms with Crippen LogP contribution in [0.5, 0.6) is 0 Å². The molecule has 2 atom stereocenters. The highest BCUT2D eigenvalue weighted by molar-refractivity contribution is 5.80. The number of nitrogens with zero attached hydrogens (tertiary/aromatic N) is 1. The van der Waals surface area contributed by atoms with Gasteiger partial charge in [-0.25, -0.2) is 0 Å². The lowest BCUT2D eigenvalue weighted by Crippen LogP contribution is -2.21. The molecule has 0 N–H and O–H groups in total. The van der Waals surface area contributed by atoms with Crippen LogP contribution >= 0.6 is 0 Å². The first-order valence-corrected chi connectivity index (χ1v) is 5.75. The number of aliphatic imine (C=N–C) groups is 1. The monoisotopic (exact) mass is 193 g/mol. The lowest BCUT2D eigenvalue weighted by atomic mass is 9.88. The van der Waals surface area contributed by atoms with Crippen LogP contribution in [0.2, 0.25) is 0 Å². The second kappa shape index (κ2) is 4.77. The predicted octanol–water partition coefficient (Wildman–Crippen LogP) is 3.70. The fraction of sp³-hybridized carbons (Fsp3) is 0.769. The molecule has 1 aliphatic heterocycles. The summed E-state index contributed by atoms with van der Waals surface area (Å²) in [7, 11) is 0. The van der Waals surface area contributed by atoms with E-state index in [1.807, 2.05) is 0 Å². The second-order valence-electron chi connectivity index (χ2n) is 5.16. The molecule has 0 amide bonds. The zero-order chi connectivity index (χ0) is 10.7. The number of allylic oxidation sites excluding steroid dienone is 1. The van der Waals surface area contributed by atoms with E-state index in [9.17, 15) is 0 Å². The van der Waals surface area contributed by atoms with Gasteiger partial charge in [0.1, 0.15) is 0 Å². The van der Waals surface area contributed by atoms with Crippen molar-refractivity contribution in [1.29, 1.82) is 0 Å². The Morgan fingerprint density at radius 3 is 2.36 bits per heavy atom. The average molecular weight is 193 g/mol. The minimum absolute atomic E-state index is 0.512. The SMILES string of the molecule is CC(C)CC1N=CC(C(C)C)=CC1C. The maximum Gasteiger partial charge on any atom is 0.0562 e. The van der Waals surface area contributed by atoms with Gasteiger partial charge in [0.05, 0.1) is 6.04 Å². The van der Waals surface area contributed by atoms with Crippen molar-refractivity contribution in [1.82, 2.24) is 0 Å². The van der Waals surface area contributed by atoms with Gasteiger partial charge >= 0.3 is 0 Å². The van der Waals surface area contributed by atoms with Crippen LogP contribution in [-0.4, -0.2) is 12.3 Å². The fourth-order valence-corrected chi connectivity index (χ4v) is 1.88. The molecule has 2 unspecified atom stereocenters. The molecule has 0 aliphatic carbocycles. The first-order valence-electron chi connectivity index (χ1n) is 5.75. The minimum atomic E-state index is 0.512. The lowest BCUT2D eigenvalue weighted by molar-refractivity contribution is 0.429. The zero-order valence-corrected chi connectivity index (χ0v) is 10.1. The Bertz CT molecular complexity index is 236. The van der Waals surface area contributed by atoms with Gasteiger partial charge in [-0.15, -0.1) is 0 Å². The van der Waals surface area contributed by atoms with Crippen LogP contribution in [0, 0.1) is 17.8 Å². The van der Waals surface area contributed by atoms with E-state index in [-0.39, 0.29) is 0 Å². The molecule has 0 spiro atoms. The van der Waals surface area contributed by atoms with Crippen LogP contribution in [0.25, 0.3) is 0 Å². The molecule has 1 aliphatic rings. The highest BCUT2D eigenvalue weighted by Crippen LogP contribution is 2.24. The summed E-state index contributed by atoms with van der Waals surface area (Å²) in [5, 5.41) is 0. The Labute approximate surface area is 88.3 Å². The summed E-state index contributed by atoms with van der Waals surface area (Å²) in [5.74, 6) is 1.97. The maximum atomic E-state index is 4.66. The third-order valence-corrected chi connectivity index (χ3v) is 2.86. The molecule has 0 bridgehead atoms. The van der Waals surface area contributed by atoms with Crippen LogP contribution in [0.4, 0.5) is 0 Å². The maximum absolute atomic E-state index is 4.66. The van der Waals surface area contributed by atoms with Crippen LogP contribution in [0.1, 0.15) is 41.0 Å². The van der Waals surface area contributed by atoms with Crippen molar-refractivity contribution in [2.45, 2.75) is 47.1 Å². The number of hydrogen-bond donors (Lipinski definition) is 0. The minimum Gasteiger partial charge on any atom is -0.289 e. The predicted molar refractivity (Wildman–Crippen MR) is 63.8 cm³/mol. The molecule has 0 saturated heterocycles. The molecular weight excluding hydrogens is 170 g/mol. The van der Waals surface area contributed by atoms with Crippen LogP contribution in [-0.2, 0) is 0 Å². The Balaban J connectivity index is 2.61. The lowest BCUT2D eigenvalue weighted by Gasteiger charge is -2.25. The van der Waals surface area contributed by atoms with Gasteiger partial charge in [-0.2, -0.15) is 0 Å². The van der Waals surface area contributed by atoms with Gasteiger partial charge in [-0.3, -0.25) is 4.99 Å². The van der Waals surface area contributed by atoms with Crippen LogP contribution < -0.4 is 0 Å². The molecule has 0 aromatic heterocycles. The van der Waals surface area contributed by atoms with E-state index in [1.165, 1.54) is 12.0 Å². The van der Waals surface area contributed by atoms with Crippen molar-refractivity contribution >= 4 is 6.21 Å². The molecule has 1 rings (SSSR count). The summed E-state index contributed by atoms with van der Waals surface area (Å²) in [6.07, 6.45) is 5.68. The van der Waals surface area contributed by atoms with Crippen molar-refractivity contribution in [3.8, 4) is 0 Å². The normalized spacial score (nSPS) is 27.2. The Kier molecular flexibility index (Phi) is 3.91. The largest absolute Gasteiger partial charge is 0.289 e. The van der Waals surface area contributed by atoms with E-state index in [4.69, 9.17) is 0 Å². The van der Waals surface area contributed by atoms with Gasteiger partial charge < -0.3 is 0 Å². The molecular formula is C13H23N. The first kappa shape index (κ1) is 11.5. The third-order valence-electron chi connectivity index (χ3n) is 2.86. The Hall–Kier alpha value is -0.590. The Morgan fingerprint density at radius 1 is 1.29 bits per heavy atom. The quantitative estimate of drug-likeness (QED) is 0.648. The first-order chi connectivity index (χ1) is 6.50. The van der Waals surface area contributed by atoms with Crippen LogP contribution in [0.15, 0.2) is 16.6 Å². The van der Waals surface area contributed by atoms with Gasteiger partial charge in [-0.05, 0) is 29.7 Å². The summed E-state index contributed by atoms with van der Waals surface area (Å²) < 4.78 is 0. The highest BCUT2D eigenvalue weighted by atomic mass is 14.8. The average Bonchev–Trinajstić information content (AvgIpc) is 2.07. The van der Waals surface area contributed by atoms with Crippen molar-refractivity contribution < 1.29 is 0 Å². The summed E-state index contributed by atoms with van der Waals surface area (Å²) in [6.45, 7) is 11.3. The van der Waals surface area contributed by atoms with Crippen molar-refractivity contribution in [2.24, 2.45) is 22.7 Å². The molecule has 0 aromatic rings. The van der Waals surface area contributed by atoms with Crippen molar-refractivity contribution in [3.63, 3.8) is 0 Å². The van der Waals surface area contributed by atoms with Gasteiger partial charge in [0.2, 0.25) is 0 Å². The number of dihydropyridines is 1. The third kappa shape index (κ3) is 2.97. The molecule has 1 nitrogen and oxygen atoms in total. The summed E-state index contributed by atoms with van der Waals surface area (Å²) in [5.41, 5.74) is 1.40. The molecule has 1 heteroatoms.